The van der Waals surface area contributed by atoms with Gasteiger partial charge in [-0.1, -0.05) is 52.7 Å². The molecule has 1 saturated carbocycles. The van der Waals surface area contributed by atoms with E-state index in [1.807, 2.05) is 0 Å². The third-order valence-corrected chi connectivity index (χ3v) is 5.70. The van der Waals surface area contributed by atoms with Crippen LogP contribution in [-0.2, 0) is 4.74 Å². The molecule has 0 bridgehead atoms. The van der Waals surface area contributed by atoms with E-state index in [2.05, 4.69) is 41.5 Å². The summed E-state index contributed by atoms with van der Waals surface area (Å²) in [5, 5.41) is 0. The second-order valence-corrected chi connectivity index (χ2v) is 9.29. The Kier molecular flexibility index (Phi) is 3.44. The summed E-state index contributed by atoms with van der Waals surface area (Å²) in [4.78, 5) is 0. The standard InChI is InChI=1S/C20H32O/c1-18(2,3)15-13-16(19(4,5)6)17-14(15)9-7-10-20(17)11-8-12-21-20/h7-13H2,1-6H3. The molecule has 0 N–H and O–H groups in total. The molecule has 0 radical (unpaired) electrons. The van der Waals surface area contributed by atoms with Crippen LogP contribution in [0, 0.1) is 10.8 Å². The fraction of sp³-hybridized carbons (Fsp3) is 0.800. The van der Waals surface area contributed by atoms with E-state index < -0.39 is 0 Å². The van der Waals surface area contributed by atoms with E-state index in [4.69, 9.17) is 4.74 Å². The van der Waals surface area contributed by atoms with Crippen molar-refractivity contribution in [2.24, 2.45) is 10.8 Å². The maximum atomic E-state index is 6.39. The fourth-order valence-corrected chi connectivity index (χ4v) is 4.66. The molecule has 0 aromatic heterocycles. The van der Waals surface area contributed by atoms with Gasteiger partial charge in [0.05, 0.1) is 5.60 Å². The monoisotopic (exact) mass is 288 g/mol. The van der Waals surface area contributed by atoms with Crippen molar-refractivity contribution in [3.63, 3.8) is 0 Å². The molecular weight excluding hydrogens is 256 g/mol. The van der Waals surface area contributed by atoms with Crippen molar-refractivity contribution in [3.05, 3.63) is 22.3 Å². The van der Waals surface area contributed by atoms with E-state index in [-0.39, 0.29) is 16.4 Å². The Labute approximate surface area is 130 Å². The van der Waals surface area contributed by atoms with Crippen LogP contribution >= 0.6 is 0 Å². The summed E-state index contributed by atoms with van der Waals surface area (Å²) in [6.07, 6.45) is 7.47. The molecule has 3 aliphatic rings. The highest BCUT2D eigenvalue weighted by Gasteiger charge is 2.49. The Balaban J connectivity index is 2.16. The number of hydrogen-bond acceptors (Lipinski definition) is 1. The Morgan fingerprint density at radius 1 is 0.857 bits per heavy atom. The molecule has 3 rings (SSSR count). The first-order valence-corrected chi connectivity index (χ1v) is 8.76. The quantitative estimate of drug-likeness (QED) is 0.546. The van der Waals surface area contributed by atoms with Crippen LogP contribution in [0.2, 0.25) is 0 Å². The van der Waals surface area contributed by atoms with Crippen LogP contribution in [0.15, 0.2) is 22.3 Å². The van der Waals surface area contributed by atoms with Crippen molar-refractivity contribution in [2.45, 2.75) is 85.7 Å². The molecule has 1 unspecified atom stereocenters. The summed E-state index contributed by atoms with van der Waals surface area (Å²) in [6, 6.07) is 0. The first-order chi connectivity index (χ1) is 9.65. The van der Waals surface area contributed by atoms with Crippen molar-refractivity contribution in [2.75, 3.05) is 6.61 Å². The number of fused-ring (bicyclic) bond motifs is 2. The van der Waals surface area contributed by atoms with E-state index >= 15 is 0 Å². The summed E-state index contributed by atoms with van der Waals surface area (Å²) >= 11 is 0. The molecule has 1 heterocycles. The minimum absolute atomic E-state index is 0.0726. The van der Waals surface area contributed by atoms with Crippen molar-refractivity contribution in [3.8, 4) is 0 Å². The van der Waals surface area contributed by atoms with Gasteiger partial charge in [-0.15, -0.1) is 0 Å². The zero-order valence-corrected chi connectivity index (χ0v) is 14.9. The van der Waals surface area contributed by atoms with Crippen molar-refractivity contribution < 1.29 is 4.74 Å². The largest absolute Gasteiger partial charge is 0.370 e. The molecule has 1 aliphatic heterocycles. The molecule has 0 aromatic rings. The molecule has 1 nitrogen and oxygen atoms in total. The highest BCUT2D eigenvalue weighted by Crippen LogP contribution is 2.57. The maximum Gasteiger partial charge on any atom is 0.0934 e. The van der Waals surface area contributed by atoms with Crippen molar-refractivity contribution in [1.82, 2.24) is 0 Å². The van der Waals surface area contributed by atoms with E-state index in [1.165, 1.54) is 38.5 Å². The van der Waals surface area contributed by atoms with Gasteiger partial charge in [-0.05, 0) is 60.5 Å². The predicted octanol–water partition coefficient (Wildman–Crippen LogP) is 5.81. The summed E-state index contributed by atoms with van der Waals surface area (Å²) in [5.74, 6) is 0. The Hall–Kier alpha value is -0.560. The predicted molar refractivity (Wildman–Crippen MR) is 89.3 cm³/mol. The molecule has 21 heavy (non-hydrogen) atoms. The fourth-order valence-electron chi connectivity index (χ4n) is 4.66. The lowest BCUT2D eigenvalue weighted by Gasteiger charge is -2.39. The van der Waals surface area contributed by atoms with Gasteiger partial charge in [0.15, 0.2) is 0 Å². The SMILES string of the molecule is CC(C)(C)C1=C2CCCC3(CCCO3)C2=C(C(C)(C)C)C1. The molecule has 1 spiro atoms. The zero-order chi connectivity index (χ0) is 15.5. The number of ether oxygens (including phenoxy) is 1. The lowest BCUT2D eigenvalue weighted by Crippen LogP contribution is -2.36. The van der Waals surface area contributed by atoms with Crippen molar-refractivity contribution in [1.29, 1.82) is 0 Å². The van der Waals surface area contributed by atoms with Crippen LogP contribution in [0.4, 0.5) is 0 Å². The van der Waals surface area contributed by atoms with Crippen LogP contribution in [0.5, 0.6) is 0 Å². The van der Waals surface area contributed by atoms with Crippen LogP contribution in [-0.4, -0.2) is 12.2 Å². The molecule has 0 aromatic carbocycles. The molecule has 1 heteroatoms. The average molecular weight is 288 g/mol. The maximum absolute atomic E-state index is 6.39. The summed E-state index contributed by atoms with van der Waals surface area (Å²) in [5.41, 5.74) is 7.29. The topological polar surface area (TPSA) is 9.23 Å². The lowest BCUT2D eigenvalue weighted by molar-refractivity contribution is 0.0213. The molecule has 0 amide bonds. The normalized spacial score (nSPS) is 30.6. The second kappa shape index (κ2) is 4.72. The third-order valence-electron chi connectivity index (χ3n) is 5.70. The number of hydrogen-bond donors (Lipinski definition) is 0. The molecule has 118 valence electrons. The Morgan fingerprint density at radius 3 is 2.00 bits per heavy atom. The minimum atomic E-state index is 0.0726. The number of rotatable bonds is 0. The lowest BCUT2D eigenvalue weighted by atomic mass is 9.71. The van der Waals surface area contributed by atoms with Crippen LogP contribution < -0.4 is 0 Å². The third kappa shape index (κ3) is 2.42. The van der Waals surface area contributed by atoms with Gasteiger partial charge in [-0.25, -0.2) is 0 Å². The van der Waals surface area contributed by atoms with Gasteiger partial charge in [0.2, 0.25) is 0 Å². The molecule has 1 atom stereocenters. The van der Waals surface area contributed by atoms with Gasteiger partial charge < -0.3 is 4.74 Å². The molecule has 1 saturated heterocycles. The minimum Gasteiger partial charge on any atom is -0.370 e. The van der Waals surface area contributed by atoms with Gasteiger partial charge >= 0.3 is 0 Å². The Bertz CT molecular complexity index is 499. The number of allylic oxidation sites excluding steroid dienone is 2. The van der Waals surface area contributed by atoms with E-state index in [0.717, 1.165) is 6.61 Å². The van der Waals surface area contributed by atoms with Gasteiger partial charge in [-0.3, -0.25) is 0 Å². The zero-order valence-electron chi connectivity index (χ0n) is 14.9. The Morgan fingerprint density at radius 2 is 1.48 bits per heavy atom. The van der Waals surface area contributed by atoms with E-state index in [1.54, 1.807) is 22.3 Å². The van der Waals surface area contributed by atoms with Crippen LogP contribution in [0.1, 0.15) is 80.1 Å². The van der Waals surface area contributed by atoms with Gasteiger partial charge in [-0.2, -0.15) is 0 Å². The highest BCUT2D eigenvalue weighted by molar-refractivity contribution is 5.56. The highest BCUT2D eigenvalue weighted by atomic mass is 16.5. The first kappa shape index (κ1) is 15.3. The average Bonchev–Trinajstić information content (AvgIpc) is 2.93. The summed E-state index contributed by atoms with van der Waals surface area (Å²) < 4.78 is 6.39. The first-order valence-electron chi connectivity index (χ1n) is 8.76. The second-order valence-electron chi connectivity index (χ2n) is 9.29. The summed E-state index contributed by atoms with van der Waals surface area (Å²) in [6.45, 7) is 15.3. The molecule has 2 fully saturated rings. The van der Waals surface area contributed by atoms with Gasteiger partial charge in [0, 0.05) is 6.61 Å². The molecule has 2 aliphatic carbocycles. The van der Waals surface area contributed by atoms with E-state index in [9.17, 15) is 0 Å². The van der Waals surface area contributed by atoms with Crippen molar-refractivity contribution >= 4 is 0 Å². The van der Waals surface area contributed by atoms with Gasteiger partial charge in [0.25, 0.3) is 0 Å². The summed E-state index contributed by atoms with van der Waals surface area (Å²) in [7, 11) is 0. The smallest absolute Gasteiger partial charge is 0.0934 e. The van der Waals surface area contributed by atoms with Gasteiger partial charge in [0.1, 0.15) is 0 Å². The van der Waals surface area contributed by atoms with Crippen LogP contribution in [0.3, 0.4) is 0 Å². The molecular formula is C20H32O. The van der Waals surface area contributed by atoms with E-state index in [0.29, 0.717) is 0 Å². The van der Waals surface area contributed by atoms with Crippen LogP contribution in [0.25, 0.3) is 0 Å².